The van der Waals surface area contributed by atoms with Crippen LogP contribution in [-0.2, 0) is 4.79 Å². The number of fused-ring (bicyclic) bond motifs is 5. The molecule has 100 valence electrons. The quantitative estimate of drug-likeness (QED) is 0.860. The standard InChI is InChI=1S/C17H21NO/c1-9-3-4-10(2)13(7-9)18-17(19)16-14-11-5-6-12(8-11)15(14)16/h3-4,7,11-12,14-16H,5-6,8H2,1-2H3,(H,18,19)/t11-,12+,14+,15-,16?. The monoisotopic (exact) mass is 255 g/mol. The molecule has 0 spiro atoms. The van der Waals surface area contributed by atoms with Gasteiger partial charge >= 0.3 is 0 Å². The lowest BCUT2D eigenvalue weighted by atomic mass is 10.0. The summed E-state index contributed by atoms with van der Waals surface area (Å²) in [6.45, 7) is 4.13. The summed E-state index contributed by atoms with van der Waals surface area (Å²) in [5.74, 6) is 3.79. The van der Waals surface area contributed by atoms with Gasteiger partial charge in [-0.05, 0) is 74.0 Å². The number of rotatable bonds is 2. The molecule has 3 aliphatic carbocycles. The topological polar surface area (TPSA) is 29.1 Å². The van der Waals surface area contributed by atoms with Crippen molar-refractivity contribution in [1.29, 1.82) is 0 Å². The van der Waals surface area contributed by atoms with Crippen LogP contribution in [0.2, 0.25) is 0 Å². The average molecular weight is 255 g/mol. The first-order chi connectivity index (χ1) is 9.15. The third kappa shape index (κ3) is 1.65. The molecule has 4 rings (SSSR count). The summed E-state index contributed by atoms with van der Waals surface area (Å²) >= 11 is 0. The Hall–Kier alpha value is -1.31. The Morgan fingerprint density at radius 3 is 2.53 bits per heavy atom. The lowest BCUT2D eigenvalue weighted by Gasteiger charge is -2.12. The Bertz CT molecular complexity index is 534. The van der Waals surface area contributed by atoms with Crippen molar-refractivity contribution in [2.24, 2.45) is 29.6 Å². The first-order valence-electron chi connectivity index (χ1n) is 7.53. The maximum absolute atomic E-state index is 12.5. The van der Waals surface area contributed by atoms with Crippen LogP contribution in [-0.4, -0.2) is 5.91 Å². The molecule has 2 heteroatoms. The van der Waals surface area contributed by atoms with Gasteiger partial charge in [0.15, 0.2) is 0 Å². The molecule has 1 unspecified atom stereocenters. The van der Waals surface area contributed by atoms with E-state index in [1.165, 1.54) is 24.8 Å². The van der Waals surface area contributed by atoms with Gasteiger partial charge in [0.25, 0.3) is 0 Å². The van der Waals surface area contributed by atoms with Gasteiger partial charge in [-0.2, -0.15) is 0 Å². The molecular weight excluding hydrogens is 234 g/mol. The van der Waals surface area contributed by atoms with Gasteiger partial charge in [0.1, 0.15) is 0 Å². The van der Waals surface area contributed by atoms with Gasteiger partial charge in [-0.3, -0.25) is 4.79 Å². The largest absolute Gasteiger partial charge is 0.326 e. The molecule has 3 fully saturated rings. The van der Waals surface area contributed by atoms with Crippen molar-refractivity contribution in [1.82, 2.24) is 0 Å². The number of carbonyl (C=O) groups is 1. The van der Waals surface area contributed by atoms with Crippen LogP contribution in [0.5, 0.6) is 0 Å². The van der Waals surface area contributed by atoms with Crippen molar-refractivity contribution >= 4 is 11.6 Å². The molecule has 0 aliphatic heterocycles. The van der Waals surface area contributed by atoms with Crippen molar-refractivity contribution in [2.45, 2.75) is 33.1 Å². The predicted molar refractivity (Wildman–Crippen MR) is 75.8 cm³/mol. The first kappa shape index (κ1) is 11.5. The van der Waals surface area contributed by atoms with Crippen molar-refractivity contribution < 1.29 is 4.79 Å². The number of anilines is 1. The third-order valence-electron chi connectivity index (χ3n) is 5.69. The van der Waals surface area contributed by atoms with E-state index in [0.717, 1.165) is 34.9 Å². The molecular formula is C17H21NO. The third-order valence-corrected chi connectivity index (χ3v) is 5.69. The lowest BCUT2D eigenvalue weighted by molar-refractivity contribution is -0.118. The summed E-state index contributed by atoms with van der Waals surface area (Å²) in [5, 5.41) is 3.17. The van der Waals surface area contributed by atoms with E-state index < -0.39 is 0 Å². The molecule has 19 heavy (non-hydrogen) atoms. The first-order valence-corrected chi connectivity index (χ1v) is 7.53. The molecule has 3 aliphatic rings. The Balaban J connectivity index is 1.50. The number of hydrogen-bond acceptors (Lipinski definition) is 1. The summed E-state index contributed by atoms with van der Waals surface area (Å²) in [4.78, 5) is 12.5. The van der Waals surface area contributed by atoms with Crippen LogP contribution in [0.4, 0.5) is 5.69 Å². The SMILES string of the molecule is Cc1ccc(C)c(NC(=O)C2[C@@H]3[C@H]4CC[C@H](C4)[C@H]23)c1. The normalized spacial score (nSPS) is 38.1. The van der Waals surface area contributed by atoms with Gasteiger partial charge in [0, 0.05) is 11.6 Å². The van der Waals surface area contributed by atoms with Crippen molar-refractivity contribution in [2.75, 3.05) is 5.32 Å². The van der Waals surface area contributed by atoms with Gasteiger partial charge in [-0.25, -0.2) is 0 Å². The second-order valence-electron chi connectivity index (χ2n) is 6.82. The number of amides is 1. The number of nitrogens with one attached hydrogen (secondary N) is 1. The Morgan fingerprint density at radius 1 is 1.16 bits per heavy atom. The summed E-state index contributed by atoms with van der Waals surface area (Å²) in [6.07, 6.45) is 4.15. The molecule has 1 aromatic rings. The van der Waals surface area contributed by atoms with Crippen LogP contribution in [0, 0.1) is 43.4 Å². The number of carbonyl (C=O) groups excluding carboxylic acids is 1. The minimum Gasteiger partial charge on any atom is -0.326 e. The highest BCUT2D eigenvalue weighted by molar-refractivity contribution is 5.95. The summed E-state index contributed by atoms with van der Waals surface area (Å²) in [5.41, 5.74) is 3.37. The average Bonchev–Trinajstić information content (AvgIpc) is 2.83. The van der Waals surface area contributed by atoms with Crippen LogP contribution in [0.3, 0.4) is 0 Å². The number of aryl methyl sites for hydroxylation is 2. The fourth-order valence-corrected chi connectivity index (χ4v) is 4.76. The molecule has 2 nitrogen and oxygen atoms in total. The fraction of sp³-hybridized carbons (Fsp3) is 0.588. The predicted octanol–water partition coefficient (Wildman–Crippen LogP) is 3.53. The molecule has 1 amide bonds. The molecule has 0 heterocycles. The van der Waals surface area contributed by atoms with E-state index in [1.807, 2.05) is 0 Å². The van der Waals surface area contributed by atoms with E-state index in [0.29, 0.717) is 5.92 Å². The second-order valence-corrected chi connectivity index (χ2v) is 6.82. The molecule has 0 radical (unpaired) electrons. The van der Waals surface area contributed by atoms with Crippen LogP contribution in [0.25, 0.3) is 0 Å². The van der Waals surface area contributed by atoms with Gasteiger partial charge in [0.05, 0.1) is 0 Å². The zero-order valence-corrected chi connectivity index (χ0v) is 11.6. The van der Waals surface area contributed by atoms with E-state index in [-0.39, 0.29) is 5.91 Å². The summed E-state index contributed by atoms with van der Waals surface area (Å²) < 4.78 is 0. The maximum Gasteiger partial charge on any atom is 0.228 e. The van der Waals surface area contributed by atoms with E-state index in [9.17, 15) is 4.79 Å². The molecule has 3 saturated carbocycles. The Kier molecular flexibility index (Phi) is 2.33. The van der Waals surface area contributed by atoms with Crippen LogP contribution in [0.15, 0.2) is 18.2 Å². The van der Waals surface area contributed by atoms with Crippen LogP contribution in [0.1, 0.15) is 30.4 Å². The van der Waals surface area contributed by atoms with Crippen molar-refractivity contribution in [3.8, 4) is 0 Å². The van der Waals surface area contributed by atoms with Gasteiger partial charge in [-0.15, -0.1) is 0 Å². The molecule has 0 aromatic heterocycles. The highest BCUT2D eigenvalue weighted by Gasteiger charge is 2.67. The molecule has 2 bridgehead atoms. The summed E-state index contributed by atoms with van der Waals surface area (Å²) in [6, 6.07) is 6.26. The Morgan fingerprint density at radius 2 is 1.84 bits per heavy atom. The van der Waals surface area contributed by atoms with Crippen molar-refractivity contribution in [3.05, 3.63) is 29.3 Å². The molecule has 0 saturated heterocycles. The number of benzene rings is 1. The maximum atomic E-state index is 12.5. The molecule has 5 atom stereocenters. The summed E-state index contributed by atoms with van der Waals surface area (Å²) in [7, 11) is 0. The van der Waals surface area contributed by atoms with Gasteiger partial charge < -0.3 is 5.32 Å². The fourth-order valence-electron chi connectivity index (χ4n) is 4.76. The number of hydrogen-bond donors (Lipinski definition) is 1. The highest BCUT2D eigenvalue weighted by atomic mass is 16.2. The van der Waals surface area contributed by atoms with E-state index >= 15 is 0 Å². The minimum absolute atomic E-state index is 0.278. The van der Waals surface area contributed by atoms with Gasteiger partial charge in [-0.1, -0.05) is 12.1 Å². The van der Waals surface area contributed by atoms with Crippen LogP contribution < -0.4 is 5.32 Å². The van der Waals surface area contributed by atoms with E-state index in [2.05, 4.69) is 37.4 Å². The minimum atomic E-state index is 0.278. The highest BCUT2D eigenvalue weighted by Crippen LogP contribution is 2.69. The Labute approximate surface area is 114 Å². The van der Waals surface area contributed by atoms with Gasteiger partial charge in [0.2, 0.25) is 5.91 Å². The van der Waals surface area contributed by atoms with Crippen LogP contribution >= 0.6 is 0 Å². The zero-order chi connectivity index (χ0) is 13.1. The molecule has 1 N–H and O–H groups in total. The second kappa shape index (κ2) is 3.84. The molecule has 1 aromatic carbocycles. The van der Waals surface area contributed by atoms with Crippen molar-refractivity contribution in [3.63, 3.8) is 0 Å². The lowest BCUT2D eigenvalue weighted by Crippen LogP contribution is -2.19. The smallest absolute Gasteiger partial charge is 0.228 e. The van der Waals surface area contributed by atoms with E-state index in [1.54, 1.807) is 0 Å². The zero-order valence-electron chi connectivity index (χ0n) is 11.6. The van der Waals surface area contributed by atoms with E-state index in [4.69, 9.17) is 0 Å².